The third kappa shape index (κ3) is 5.26. The molecule has 1 aliphatic rings. The maximum absolute atomic E-state index is 12.4. The van der Waals surface area contributed by atoms with E-state index in [2.05, 4.69) is 45.0 Å². The van der Waals surface area contributed by atoms with Gasteiger partial charge in [0.15, 0.2) is 0 Å². The number of nitrogens with one attached hydrogen (secondary N) is 1. The fourth-order valence-electron chi connectivity index (χ4n) is 2.78. The molecule has 124 valence electrons. The van der Waals surface area contributed by atoms with Crippen LogP contribution in [-0.4, -0.2) is 48.2 Å². The van der Waals surface area contributed by atoms with Crippen LogP contribution in [-0.2, 0) is 9.53 Å². The van der Waals surface area contributed by atoms with E-state index in [-0.39, 0.29) is 5.97 Å². The molecule has 0 amide bonds. The quantitative estimate of drug-likeness (QED) is 0.665. The van der Waals surface area contributed by atoms with Gasteiger partial charge in [0.25, 0.3) is 0 Å². The maximum Gasteiger partial charge on any atom is 0.326 e. The predicted octanol–water partition coefficient (Wildman–Crippen LogP) is 2.82. The highest BCUT2D eigenvalue weighted by molar-refractivity contribution is 5.80. The molecule has 4 nitrogen and oxygen atoms in total. The summed E-state index contributed by atoms with van der Waals surface area (Å²) < 4.78 is 5.30. The number of rotatable bonds is 9. The van der Waals surface area contributed by atoms with Gasteiger partial charge in [-0.3, -0.25) is 10.1 Å². The van der Waals surface area contributed by atoms with Crippen molar-refractivity contribution in [2.75, 3.05) is 13.7 Å². The third-order valence-corrected chi connectivity index (χ3v) is 4.83. The predicted molar refractivity (Wildman–Crippen MR) is 87.3 cm³/mol. The zero-order valence-corrected chi connectivity index (χ0v) is 14.9. The SMILES string of the molecule is CCOC(=O)C(C)(CC(C)N(C)C(C)C(C)C)NC1CC1. The lowest BCUT2D eigenvalue weighted by molar-refractivity contribution is -0.151. The van der Waals surface area contributed by atoms with E-state index in [9.17, 15) is 4.79 Å². The van der Waals surface area contributed by atoms with Gasteiger partial charge in [0.05, 0.1) is 6.61 Å². The molecule has 4 heteroatoms. The molecule has 3 unspecified atom stereocenters. The van der Waals surface area contributed by atoms with Crippen molar-refractivity contribution in [2.45, 2.75) is 84.5 Å². The van der Waals surface area contributed by atoms with Crippen LogP contribution in [0.15, 0.2) is 0 Å². The second kappa shape index (κ2) is 7.59. The summed E-state index contributed by atoms with van der Waals surface area (Å²) in [5.41, 5.74) is -0.582. The Labute approximate surface area is 130 Å². The van der Waals surface area contributed by atoms with E-state index < -0.39 is 5.54 Å². The summed E-state index contributed by atoms with van der Waals surface area (Å²) >= 11 is 0. The normalized spacial score (nSPS) is 21.2. The molecule has 0 bridgehead atoms. The largest absolute Gasteiger partial charge is 0.465 e. The summed E-state index contributed by atoms with van der Waals surface area (Å²) in [5.74, 6) is 0.483. The van der Waals surface area contributed by atoms with E-state index in [1.807, 2.05) is 13.8 Å². The van der Waals surface area contributed by atoms with Gasteiger partial charge in [-0.1, -0.05) is 13.8 Å². The highest BCUT2D eigenvalue weighted by Gasteiger charge is 2.41. The molecule has 3 atom stereocenters. The fourth-order valence-corrected chi connectivity index (χ4v) is 2.78. The Hall–Kier alpha value is -0.610. The Balaban J connectivity index is 2.72. The average Bonchev–Trinajstić information content (AvgIpc) is 3.20. The Kier molecular flexibility index (Phi) is 6.67. The van der Waals surface area contributed by atoms with Crippen LogP contribution < -0.4 is 5.32 Å². The zero-order chi connectivity index (χ0) is 16.2. The molecule has 0 aliphatic heterocycles. The monoisotopic (exact) mass is 298 g/mol. The van der Waals surface area contributed by atoms with Crippen molar-refractivity contribution in [3.8, 4) is 0 Å². The Morgan fingerprint density at radius 1 is 1.33 bits per heavy atom. The minimum Gasteiger partial charge on any atom is -0.465 e. The van der Waals surface area contributed by atoms with Crippen LogP contribution in [0.4, 0.5) is 0 Å². The summed E-state index contributed by atoms with van der Waals surface area (Å²) in [5, 5.41) is 3.50. The van der Waals surface area contributed by atoms with Gasteiger partial charge in [0.2, 0.25) is 0 Å². The number of esters is 1. The molecule has 0 radical (unpaired) electrons. The zero-order valence-electron chi connectivity index (χ0n) is 14.9. The van der Waals surface area contributed by atoms with Crippen molar-refractivity contribution in [1.29, 1.82) is 0 Å². The van der Waals surface area contributed by atoms with E-state index in [4.69, 9.17) is 4.74 Å². The third-order valence-electron chi connectivity index (χ3n) is 4.83. The van der Waals surface area contributed by atoms with E-state index in [1.54, 1.807) is 0 Å². The smallest absolute Gasteiger partial charge is 0.326 e. The standard InChI is InChI=1S/C17H34N2O2/c1-8-21-16(20)17(6,18-15-9-10-15)11-13(4)19(7)14(5)12(2)3/h12-15,18H,8-11H2,1-7H3. The highest BCUT2D eigenvalue weighted by Crippen LogP contribution is 2.27. The van der Waals surface area contributed by atoms with Gasteiger partial charge < -0.3 is 9.64 Å². The van der Waals surface area contributed by atoms with E-state index in [1.165, 1.54) is 12.8 Å². The van der Waals surface area contributed by atoms with E-state index in [0.717, 1.165) is 6.42 Å². The van der Waals surface area contributed by atoms with Crippen molar-refractivity contribution < 1.29 is 9.53 Å². The fraction of sp³-hybridized carbons (Fsp3) is 0.941. The number of nitrogens with zero attached hydrogens (tertiary/aromatic N) is 1. The summed E-state index contributed by atoms with van der Waals surface area (Å²) in [6.45, 7) is 13.2. The van der Waals surface area contributed by atoms with Gasteiger partial charge in [-0.05, 0) is 59.9 Å². The molecule has 1 aliphatic carbocycles. The maximum atomic E-state index is 12.4. The van der Waals surface area contributed by atoms with Gasteiger partial charge in [-0.2, -0.15) is 0 Å². The molecule has 1 fully saturated rings. The minimum absolute atomic E-state index is 0.116. The van der Waals surface area contributed by atoms with Gasteiger partial charge in [-0.15, -0.1) is 0 Å². The van der Waals surface area contributed by atoms with Crippen LogP contribution >= 0.6 is 0 Å². The molecule has 1 rings (SSSR count). The van der Waals surface area contributed by atoms with E-state index in [0.29, 0.717) is 30.7 Å². The molecule has 0 spiro atoms. The van der Waals surface area contributed by atoms with Crippen molar-refractivity contribution in [3.05, 3.63) is 0 Å². The molecular formula is C17H34N2O2. The lowest BCUT2D eigenvalue weighted by atomic mass is 9.91. The lowest BCUT2D eigenvalue weighted by Crippen LogP contribution is -2.55. The topological polar surface area (TPSA) is 41.6 Å². The summed E-state index contributed by atoms with van der Waals surface area (Å²) in [7, 11) is 2.15. The second-order valence-corrected chi connectivity index (χ2v) is 7.17. The van der Waals surface area contributed by atoms with Crippen LogP contribution in [0, 0.1) is 5.92 Å². The molecule has 0 heterocycles. The average molecular weight is 298 g/mol. The highest BCUT2D eigenvalue weighted by atomic mass is 16.5. The van der Waals surface area contributed by atoms with Crippen LogP contribution in [0.1, 0.15) is 60.8 Å². The summed E-state index contributed by atoms with van der Waals surface area (Å²) in [4.78, 5) is 14.8. The van der Waals surface area contributed by atoms with Crippen LogP contribution in [0.2, 0.25) is 0 Å². The Morgan fingerprint density at radius 3 is 2.33 bits per heavy atom. The van der Waals surface area contributed by atoms with Crippen molar-refractivity contribution >= 4 is 5.97 Å². The first-order chi connectivity index (χ1) is 9.71. The van der Waals surface area contributed by atoms with E-state index >= 15 is 0 Å². The van der Waals surface area contributed by atoms with Gasteiger partial charge in [-0.25, -0.2) is 0 Å². The molecule has 1 N–H and O–H groups in total. The molecular weight excluding hydrogens is 264 g/mol. The molecule has 0 saturated heterocycles. The number of hydrogen-bond donors (Lipinski definition) is 1. The Bertz CT molecular complexity index is 342. The first kappa shape index (κ1) is 18.4. The van der Waals surface area contributed by atoms with Crippen molar-refractivity contribution in [3.63, 3.8) is 0 Å². The van der Waals surface area contributed by atoms with Crippen molar-refractivity contribution in [1.82, 2.24) is 10.2 Å². The summed E-state index contributed by atoms with van der Waals surface area (Å²) in [6, 6.07) is 1.30. The number of hydrogen-bond acceptors (Lipinski definition) is 4. The van der Waals surface area contributed by atoms with Crippen LogP contribution in [0.5, 0.6) is 0 Å². The molecule has 21 heavy (non-hydrogen) atoms. The minimum atomic E-state index is -0.582. The molecule has 0 aromatic carbocycles. The van der Waals surface area contributed by atoms with Crippen LogP contribution in [0.25, 0.3) is 0 Å². The molecule has 0 aromatic rings. The Morgan fingerprint density at radius 2 is 1.90 bits per heavy atom. The first-order valence-electron chi connectivity index (χ1n) is 8.38. The van der Waals surface area contributed by atoms with Gasteiger partial charge in [0, 0.05) is 18.1 Å². The van der Waals surface area contributed by atoms with Crippen molar-refractivity contribution in [2.24, 2.45) is 5.92 Å². The first-order valence-corrected chi connectivity index (χ1v) is 8.38. The van der Waals surface area contributed by atoms with Crippen LogP contribution in [0.3, 0.4) is 0 Å². The molecule has 0 aromatic heterocycles. The van der Waals surface area contributed by atoms with Gasteiger partial charge >= 0.3 is 5.97 Å². The lowest BCUT2D eigenvalue weighted by Gasteiger charge is -2.38. The molecule has 1 saturated carbocycles. The number of ether oxygens (including phenoxy) is 1. The summed E-state index contributed by atoms with van der Waals surface area (Å²) in [6.07, 6.45) is 3.11. The number of carbonyl (C=O) groups is 1. The van der Waals surface area contributed by atoms with Gasteiger partial charge in [0.1, 0.15) is 5.54 Å². The number of carbonyl (C=O) groups excluding carboxylic acids is 1. The second-order valence-electron chi connectivity index (χ2n) is 7.17.